The molecule has 2 aromatic rings. The molecule has 0 aliphatic carbocycles. The Morgan fingerprint density at radius 1 is 1.00 bits per heavy atom. The van der Waals surface area contributed by atoms with Crippen molar-refractivity contribution in [1.29, 1.82) is 0 Å². The molecule has 5 nitrogen and oxygen atoms in total. The van der Waals surface area contributed by atoms with E-state index in [1.54, 1.807) is 12.1 Å². The van der Waals surface area contributed by atoms with E-state index in [0.29, 0.717) is 19.6 Å². The molecule has 0 unspecified atom stereocenters. The van der Waals surface area contributed by atoms with Gasteiger partial charge in [-0.05, 0) is 23.3 Å². The minimum absolute atomic E-state index is 0.251. The molecule has 26 heavy (non-hydrogen) atoms. The van der Waals surface area contributed by atoms with Crippen molar-refractivity contribution in [2.75, 3.05) is 13.1 Å². The Hall–Kier alpha value is -2.73. The molecule has 0 radical (unpaired) electrons. The Kier molecular flexibility index (Phi) is 5.63. The lowest BCUT2D eigenvalue weighted by Gasteiger charge is -2.16. The summed E-state index contributed by atoms with van der Waals surface area (Å²) in [5.41, 5.74) is 1.86. The van der Waals surface area contributed by atoms with Gasteiger partial charge in [0.05, 0.1) is 11.8 Å². The maximum absolute atomic E-state index is 12.9. The number of nitrogens with one attached hydrogen (secondary N) is 1. The van der Waals surface area contributed by atoms with Crippen LogP contribution in [-0.2, 0) is 22.7 Å². The second kappa shape index (κ2) is 8.10. The number of carboxylic acids is 1. The highest BCUT2D eigenvalue weighted by Crippen LogP contribution is 2.25. The maximum Gasteiger partial charge on any atom is 0.308 e. The number of likely N-dealkylation sites (tertiary alicyclic amines) is 1. The first-order valence-corrected chi connectivity index (χ1v) is 8.54. The molecule has 0 bridgehead atoms. The number of nitrogens with zero attached hydrogens (tertiary/aromatic N) is 1. The van der Waals surface area contributed by atoms with E-state index in [9.17, 15) is 19.1 Å². The summed E-state index contributed by atoms with van der Waals surface area (Å²) in [5, 5.41) is 12.3. The zero-order chi connectivity index (χ0) is 18.5. The van der Waals surface area contributed by atoms with Gasteiger partial charge in [0.15, 0.2) is 0 Å². The predicted molar refractivity (Wildman–Crippen MR) is 94.6 cm³/mol. The monoisotopic (exact) mass is 356 g/mol. The van der Waals surface area contributed by atoms with Crippen molar-refractivity contribution in [1.82, 2.24) is 10.2 Å². The number of hydrogen-bond acceptors (Lipinski definition) is 3. The molecule has 136 valence electrons. The zero-order valence-electron chi connectivity index (χ0n) is 14.3. The van der Waals surface area contributed by atoms with Gasteiger partial charge >= 0.3 is 5.97 Å². The van der Waals surface area contributed by atoms with Gasteiger partial charge in [0.25, 0.3) is 0 Å². The van der Waals surface area contributed by atoms with Crippen molar-refractivity contribution in [3.8, 4) is 0 Å². The summed E-state index contributed by atoms with van der Waals surface area (Å²) >= 11 is 0. The first kappa shape index (κ1) is 18.1. The number of benzene rings is 2. The Morgan fingerprint density at radius 2 is 1.65 bits per heavy atom. The predicted octanol–water partition coefficient (Wildman–Crippen LogP) is 2.27. The third-order valence-electron chi connectivity index (χ3n) is 4.68. The average Bonchev–Trinajstić information content (AvgIpc) is 3.06. The molecule has 2 atom stereocenters. The largest absolute Gasteiger partial charge is 0.481 e. The number of rotatable bonds is 6. The van der Waals surface area contributed by atoms with Gasteiger partial charge in [-0.3, -0.25) is 14.5 Å². The summed E-state index contributed by atoms with van der Waals surface area (Å²) in [6, 6.07) is 15.6. The van der Waals surface area contributed by atoms with Gasteiger partial charge in [-0.25, -0.2) is 4.39 Å². The van der Waals surface area contributed by atoms with Crippen LogP contribution in [0.5, 0.6) is 0 Å². The molecule has 1 heterocycles. The molecule has 1 amide bonds. The molecule has 3 rings (SSSR count). The fraction of sp³-hybridized carbons (Fsp3) is 0.300. The summed E-state index contributed by atoms with van der Waals surface area (Å²) in [5.74, 6) is -2.90. The number of carbonyl (C=O) groups is 2. The molecular weight excluding hydrogens is 335 g/mol. The third-order valence-corrected chi connectivity index (χ3v) is 4.68. The topological polar surface area (TPSA) is 69.6 Å². The van der Waals surface area contributed by atoms with E-state index in [4.69, 9.17) is 0 Å². The first-order valence-electron chi connectivity index (χ1n) is 8.54. The summed E-state index contributed by atoms with van der Waals surface area (Å²) in [7, 11) is 0. The van der Waals surface area contributed by atoms with Crippen LogP contribution in [0, 0.1) is 17.7 Å². The number of halogens is 1. The van der Waals surface area contributed by atoms with E-state index in [-0.39, 0.29) is 18.3 Å². The molecule has 2 aromatic carbocycles. The van der Waals surface area contributed by atoms with Crippen molar-refractivity contribution in [3.05, 3.63) is 71.5 Å². The van der Waals surface area contributed by atoms with E-state index in [0.717, 1.165) is 11.1 Å². The van der Waals surface area contributed by atoms with Crippen molar-refractivity contribution >= 4 is 11.9 Å². The number of carboxylic acid groups (broad SMARTS) is 1. The van der Waals surface area contributed by atoms with Gasteiger partial charge in [0, 0.05) is 26.2 Å². The number of aliphatic carboxylic acids is 1. The molecule has 6 heteroatoms. The molecule has 0 saturated carbocycles. The SMILES string of the molecule is O=C(NCc1ccc(F)cc1)[C@H]1CN(Cc2ccccc2)C[C@H]1C(=O)O. The molecule has 1 saturated heterocycles. The quantitative estimate of drug-likeness (QED) is 0.833. The second-order valence-electron chi connectivity index (χ2n) is 6.58. The zero-order valence-corrected chi connectivity index (χ0v) is 14.3. The molecular formula is C20H21FN2O3. The van der Waals surface area contributed by atoms with Crippen LogP contribution in [0.25, 0.3) is 0 Å². The highest BCUT2D eigenvalue weighted by Gasteiger charge is 2.41. The van der Waals surface area contributed by atoms with Crippen LogP contribution in [0.2, 0.25) is 0 Å². The number of hydrogen-bond donors (Lipinski definition) is 2. The standard InChI is InChI=1S/C20H21FN2O3/c21-16-8-6-14(7-9-16)10-22-19(24)17-12-23(13-18(17)20(25)26)11-15-4-2-1-3-5-15/h1-9,17-18H,10-13H2,(H,22,24)(H,25,26)/t17-,18+/m0/s1. The fourth-order valence-electron chi connectivity index (χ4n) is 3.29. The van der Waals surface area contributed by atoms with Gasteiger partial charge < -0.3 is 10.4 Å². The van der Waals surface area contributed by atoms with E-state index in [1.165, 1.54) is 12.1 Å². The Bertz CT molecular complexity index is 764. The van der Waals surface area contributed by atoms with Gasteiger partial charge in [0.1, 0.15) is 5.82 Å². The van der Waals surface area contributed by atoms with Crippen LogP contribution in [0.1, 0.15) is 11.1 Å². The van der Waals surface area contributed by atoms with Gasteiger partial charge in [-0.2, -0.15) is 0 Å². The Morgan fingerprint density at radius 3 is 2.31 bits per heavy atom. The Labute approximate surface area is 151 Å². The summed E-state index contributed by atoms with van der Waals surface area (Å²) in [6.07, 6.45) is 0. The lowest BCUT2D eigenvalue weighted by Crippen LogP contribution is -2.37. The highest BCUT2D eigenvalue weighted by atomic mass is 19.1. The highest BCUT2D eigenvalue weighted by molar-refractivity contribution is 5.85. The molecule has 1 aliphatic rings. The van der Waals surface area contributed by atoms with Gasteiger partial charge in [-0.15, -0.1) is 0 Å². The van der Waals surface area contributed by atoms with Gasteiger partial charge in [-0.1, -0.05) is 42.5 Å². The van der Waals surface area contributed by atoms with Crippen molar-refractivity contribution < 1.29 is 19.1 Å². The average molecular weight is 356 g/mol. The smallest absolute Gasteiger partial charge is 0.308 e. The normalized spacial score (nSPS) is 20.0. The fourth-order valence-corrected chi connectivity index (χ4v) is 3.29. The van der Waals surface area contributed by atoms with Crippen molar-refractivity contribution in [2.24, 2.45) is 11.8 Å². The maximum atomic E-state index is 12.9. The van der Waals surface area contributed by atoms with E-state index in [1.807, 2.05) is 35.2 Å². The van der Waals surface area contributed by atoms with Crippen LogP contribution in [-0.4, -0.2) is 35.0 Å². The van der Waals surface area contributed by atoms with Crippen LogP contribution in [0.15, 0.2) is 54.6 Å². The molecule has 1 fully saturated rings. The third kappa shape index (κ3) is 4.46. The molecule has 1 aliphatic heterocycles. The van der Waals surface area contributed by atoms with Gasteiger partial charge in [0.2, 0.25) is 5.91 Å². The summed E-state index contributed by atoms with van der Waals surface area (Å²) in [6.45, 7) is 1.62. The number of carbonyl (C=O) groups excluding carboxylic acids is 1. The number of amides is 1. The minimum atomic E-state index is -0.956. The molecule has 2 N–H and O–H groups in total. The van der Waals surface area contributed by atoms with Crippen molar-refractivity contribution in [3.63, 3.8) is 0 Å². The van der Waals surface area contributed by atoms with E-state index in [2.05, 4.69) is 5.32 Å². The van der Waals surface area contributed by atoms with Crippen LogP contribution in [0.3, 0.4) is 0 Å². The minimum Gasteiger partial charge on any atom is -0.481 e. The lowest BCUT2D eigenvalue weighted by molar-refractivity contribution is -0.145. The van der Waals surface area contributed by atoms with E-state index < -0.39 is 17.8 Å². The Balaban J connectivity index is 1.61. The van der Waals surface area contributed by atoms with Crippen LogP contribution in [0.4, 0.5) is 4.39 Å². The summed E-state index contributed by atoms with van der Waals surface area (Å²) in [4.78, 5) is 26.1. The van der Waals surface area contributed by atoms with E-state index >= 15 is 0 Å². The van der Waals surface area contributed by atoms with Crippen LogP contribution < -0.4 is 5.32 Å². The molecule has 0 aromatic heterocycles. The lowest BCUT2D eigenvalue weighted by atomic mass is 9.95. The molecule has 0 spiro atoms. The second-order valence-corrected chi connectivity index (χ2v) is 6.58. The van der Waals surface area contributed by atoms with Crippen LogP contribution >= 0.6 is 0 Å². The van der Waals surface area contributed by atoms with Crippen molar-refractivity contribution in [2.45, 2.75) is 13.1 Å². The summed E-state index contributed by atoms with van der Waals surface area (Å²) < 4.78 is 12.9. The first-order chi connectivity index (χ1) is 12.5.